The maximum atomic E-state index is 13.1. The number of likely N-dealkylation sites (tertiary alicyclic amines) is 1. The van der Waals surface area contributed by atoms with Gasteiger partial charge in [-0.05, 0) is 30.7 Å². The fraction of sp³-hybridized carbons (Fsp3) is 0.348. The molecule has 1 unspecified atom stereocenters. The molecule has 0 radical (unpaired) electrons. The van der Waals surface area contributed by atoms with E-state index in [-0.39, 0.29) is 30.7 Å². The Morgan fingerprint density at radius 1 is 0.968 bits per heavy atom. The van der Waals surface area contributed by atoms with Gasteiger partial charge >= 0.3 is 0 Å². The number of rotatable bonds is 4. The molecule has 3 amide bonds. The van der Waals surface area contributed by atoms with Crippen LogP contribution in [0, 0.1) is 0 Å². The van der Waals surface area contributed by atoms with E-state index < -0.39 is 5.41 Å². The Kier molecular flexibility index (Phi) is 5.95. The number of carbonyl (C=O) groups is 3. The molecule has 8 heteroatoms. The monoisotopic (exact) mass is 459 g/mol. The molecule has 2 aromatic rings. The van der Waals surface area contributed by atoms with Crippen LogP contribution in [0.25, 0.3) is 0 Å². The summed E-state index contributed by atoms with van der Waals surface area (Å²) in [6, 6.07) is 14.7. The van der Waals surface area contributed by atoms with Gasteiger partial charge in [-0.1, -0.05) is 53.5 Å². The first kappa shape index (κ1) is 21.7. The summed E-state index contributed by atoms with van der Waals surface area (Å²) in [6.07, 6.45) is 0.0776. The number of imide groups is 1. The Balaban J connectivity index is 1.38. The van der Waals surface area contributed by atoms with E-state index >= 15 is 0 Å². The van der Waals surface area contributed by atoms with Gasteiger partial charge in [-0.2, -0.15) is 0 Å². The Hall–Kier alpha value is -2.57. The fourth-order valence-corrected chi connectivity index (χ4v) is 4.50. The molecule has 4 rings (SSSR count). The molecular weight excluding hydrogens is 437 g/mol. The Morgan fingerprint density at radius 2 is 1.65 bits per heavy atom. The predicted octanol–water partition coefficient (Wildman–Crippen LogP) is 3.36. The van der Waals surface area contributed by atoms with Crippen molar-refractivity contribution in [2.75, 3.05) is 37.6 Å². The summed E-state index contributed by atoms with van der Waals surface area (Å²) >= 11 is 12.1. The average Bonchev–Trinajstić information content (AvgIpc) is 3.00. The first-order valence-corrected chi connectivity index (χ1v) is 10.9. The van der Waals surface area contributed by atoms with Crippen molar-refractivity contribution in [1.29, 1.82) is 0 Å². The lowest BCUT2D eigenvalue weighted by Gasteiger charge is -2.36. The van der Waals surface area contributed by atoms with Crippen LogP contribution in [0.1, 0.15) is 18.9 Å². The lowest BCUT2D eigenvalue weighted by Crippen LogP contribution is -2.52. The highest BCUT2D eigenvalue weighted by Crippen LogP contribution is 2.36. The number of piperazine rings is 1. The van der Waals surface area contributed by atoms with Gasteiger partial charge in [0.1, 0.15) is 6.54 Å². The Bertz CT molecular complexity index is 1020. The summed E-state index contributed by atoms with van der Waals surface area (Å²) in [4.78, 5) is 43.4. The standard InChI is InChI=1S/C23H23Cl2N3O3/c1-23(16-5-3-2-4-6-16)14-20(29)28(22(23)31)15-21(30)27-11-9-26(10-12-27)17-7-8-18(24)19(25)13-17/h2-8,13H,9-12,14-15H2,1H3. The third-order valence-electron chi connectivity index (χ3n) is 6.13. The quantitative estimate of drug-likeness (QED) is 0.657. The number of anilines is 1. The first-order valence-electron chi connectivity index (χ1n) is 10.2. The second kappa shape index (κ2) is 8.52. The molecular formula is C23H23Cl2N3O3. The van der Waals surface area contributed by atoms with Crippen LogP contribution in [0.4, 0.5) is 5.69 Å². The molecule has 0 aliphatic carbocycles. The van der Waals surface area contributed by atoms with E-state index in [1.165, 1.54) is 0 Å². The van der Waals surface area contributed by atoms with Gasteiger partial charge in [0, 0.05) is 38.3 Å². The topological polar surface area (TPSA) is 60.9 Å². The third kappa shape index (κ3) is 4.14. The van der Waals surface area contributed by atoms with E-state index in [0.717, 1.165) is 16.2 Å². The van der Waals surface area contributed by atoms with Gasteiger partial charge in [0.2, 0.25) is 17.7 Å². The molecule has 0 N–H and O–H groups in total. The Morgan fingerprint density at radius 3 is 2.29 bits per heavy atom. The number of halogens is 2. The lowest BCUT2D eigenvalue weighted by atomic mass is 9.81. The molecule has 0 bridgehead atoms. The summed E-state index contributed by atoms with van der Waals surface area (Å²) in [5.74, 6) is -0.835. The molecule has 162 valence electrons. The minimum absolute atomic E-state index is 0.0776. The van der Waals surface area contributed by atoms with E-state index in [1.807, 2.05) is 42.5 Å². The molecule has 0 saturated carbocycles. The highest BCUT2D eigenvalue weighted by atomic mass is 35.5. The smallest absolute Gasteiger partial charge is 0.242 e. The minimum Gasteiger partial charge on any atom is -0.368 e. The summed E-state index contributed by atoms with van der Waals surface area (Å²) in [6.45, 7) is 3.83. The molecule has 2 aliphatic rings. The molecule has 31 heavy (non-hydrogen) atoms. The Labute approximate surface area is 191 Å². The van der Waals surface area contributed by atoms with Crippen molar-refractivity contribution in [3.63, 3.8) is 0 Å². The van der Waals surface area contributed by atoms with Gasteiger partial charge in [0.15, 0.2) is 0 Å². The number of hydrogen-bond donors (Lipinski definition) is 0. The molecule has 2 fully saturated rings. The highest BCUT2D eigenvalue weighted by Gasteiger charge is 2.49. The van der Waals surface area contributed by atoms with Crippen LogP contribution in [-0.2, 0) is 19.8 Å². The molecule has 2 aromatic carbocycles. The number of benzene rings is 2. The van der Waals surface area contributed by atoms with Crippen molar-refractivity contribution in [2.24, 2.45) is 0 Å². The van der Waals surface area contributed by atoms with Crippen LogP contribution in [0.2, 0.25) is 10.0 Å². The molecule has 1 atom stereocenters. The third-order valence-corrected chi connectivity index (χ3v) is 6.87. The molecule has 2 saturated heterocycles. The van der Waals surface area contributed by atoms with Crippen molar-refractivity contribution in [3.05, 3.63) is 64.1 Å². The van der Waals surface area contributed by atoms with Crippen LogP contribution in [0.3, 0.4) is 0 Å². The maximum Gasteiger partial charge on any atom is 0.242 e. The normalized spacial score (nSPS) is 21.7. The number of hydrogen-bond acceptors (Lipinski definition) is 4. The molecule has 0 spiro atoms. The zero-order valence-electron chi connectivity index (χ0n) is 17.2. The van der Waals surface area contributed by atoms with E-state index in [0.29, 0.717) is 36.2 Å². The van der Waals surface area contributed by atoms with Crippen LogP contribution in [0.15, 0.2) is 48.5 Å². The zero-order chi connectivity index (χ0) is 22.2. The second-order valence-corrected chi connectivity index (χ2v) is 8.94. The van der Waals surface area contributed by atoms with E-state index in [1.54, 1.807) is 17.9 Å². The molecule has 2 heterocycles. The van der Waals surface area contributed by atoms with Gasteiger partial charge in [0.05, 0.1) is 15.5 Å². The average molecular weight is 460 g/mol. The van der Waals surface area contributed by atoms with Crippen molar-refractivity contribution in [1.82, 2.24) is 9.80 Å². The minimum atomic E-state index is -0.925. The number of amides is 3. The summed E-state index contributed by atoms with van der Waals surface area (Å²) < 4.78 is 0. The largest absolute Gasteiger partial charge is 0.368 e. The van der Waals surface area contributed by atoms with Gasteiger partial charge in [-0.15, -0.1) is 0 Å². The van der Waals surface area contributed by atoms with E-state index in [2.05, 4.69) is 4.90 Å². The van der Waals surface area contributed by atoms with Gasteiger partial charge < -0.3 is 9.80 Å². The lowest BCUT2D eigenvalue weighted by molar-refractivity contribution is -0.146. The highest BCUT2D eigenvalue weighted by molar-refractivity contribution is 6.42. The number of nitrogens with zero attached hydrogens (tertiary/aromatic N) is 3. The van der Waals surface area contributed by atoms with Crippen molar-refractivity contribution in [3.8, 4) is 0 Å². The predicted molar refractivity (Wildman–Crippen MR) is 120 cm³/mol. The zero-order valence-corrected chi connectivity index (χ0v) is 18.7. The summed E-state index contributed by atoms with van der Waals surface area (Å²) in [5.41, 5.74) is 0.814. The maximum absolute atomic E-state index is 13.1. The van der Waals surface area contributed by atoms with Crippen LogP contribution in [-0.4, -0.2) is 60.2 Å². The van der Waals surface area contributed by atoms with Gasteiger partial charge in [-0.3, -0.25) is 19.3 Å². The number of carbonyl (C=O) groups excluding carboxylic acids is 3. The van der Waals surface area contributed by atoms with Crippen molar-refractivity contribution < 1.29 is 14.4 Å². The second-order valence-electron chi connectivity index (χ2n) is 8.13. The SMILES string of the molecule is CC1(c2ccccc2)CC(=O)N(CC(=O)N2CCN(c3ccc(Cl)c(Cl)c3)CC2)C1=O. The molecule has 0 aromatic heterocycles. The van der Waals surface area contributed by atoms with Crippen molar-refractivity contribution in [2.45, 2.75) is 18.8 Å². The first-order chi connectivity index (χ1) is 14.8. The van der Waals surface area contributed by atoms with Crippen LogP contribution in [0.5, 0.6) is 0 Å². The van der Waals surface area contributed by atoms with Crippen molar-refractivity contribution >= 4 is 46.6 Å². The summed E-state index contributed by atoms with van der Waals surface area (Å²) in [5, 5.41) is 0.992. The van der Waals surface area contributed by atoms with Gasteiger partial charge in [-0.25, -0.2) is 0 Å². The fourth-order valence-electron chi connectivity index (χ4n) is 4.21. The van der Waals surface area contributed by atoms with Gasteiger partial charge in [0.25, 0.3) is 0 Å². The molecule has 2 aliphatic heterocycles. The van der Waals surface area contributed by atoms with E-state index in [4.69, 9.17) is 23.2 Å². The summed E-state index contributed by atoms with van der Waals surface area (Å²) in [7, 11) is 0. The van der Waals surface area contributed by atoms with E-state index in [9.17, 15) is 14.4 Å². The van der Waals surface area contributed by atoms with Crippen LogP contribution >= 0.6 is 23.2 Å². The van der Waals surface area contributed by atoms with Crippen LogP contribution < -0.4 is 4.90 Å². The molecule has 6 nitrogen and oxygen atoms in total.